The van der Waals surface area contributed by atoms with Crippen molar-refractivity contribution < 1.29 is 14.7 Å². The summed E-state index contributed by atoms with van der Waals surface area (Å²) in [6.45, 7) is 3.90. The van der Waals surface area contributed by atoms with Gasteiger partial charge in [-0.2, -0.15) is 5.48 Å². The fraction of sp³-hybridized carbons (Fsp3) is 0.952. The predicted octanol–water partition coefficient (Wildman–Crippen LogP) is 2.28. The number of carbonyl (C=O) groups is 1. The molecule has 1 aliphatic heterocycles. The Labute approximate surface area is 163 Å². The van der Waals surface area contributed by atoms with Crippen LogP contribution >= 0.6 is 0 Å². The molecule has 0 radical (unpaired) electrons. The minimum Gasteiger partial charge on any atom is -0.393 e. The summed E-state index contributed by atoms with van der Waals surface area (Å²) < 4.78 is 0. The Morgan fingerprint density at radius 1 is 1.11 bits per heavy atom. The number of aliphatic hydroxyl groups excluding tert-OH is 1. The first-order valence-corrected chi connectivity index (χ1v) is 11.2. The van der Waals surface area contributed by atoms with Crippen molar-refractivity contribution >= 4 is 5.91 Å². The topological polar surface area (TPSA) is 82.6 Å². The molecule has 4 aliphatic rings. The van der Waals surface area contributed by atoms with E-state index in [2.05, 4.69) is 16.1 Å². The maximum Gasteiger partial charge on any atom is 0.223 e. The van der Waals surface area contributed by atoms with Gasteiger partial charge in [0.25, 0.3) is 0 Å². The zero-order valence-electron chi connectivity index (χ0n) is 16.8. The van der Waals surface area contributed by atoms with Crippen molar-refractivity contribution in [1.82, 2.24) is 16.1 Å². The molecule has 1 saturated heterocycles. The number of hydroxylamine groups is 1. The molecule has 1 amide bonds. The predicted molar refractivity (Wildman–Crippen MR) is 103 cm³/mol. The molecule has 27 heavy (non-hydrogen) atoms. The highest BCUT2D eigenvalue weighted by Gasteiger charge is 2.44. The van der Waals surface area contributed by atoms with Gasteiger partial charge in [0.1, 0.15) is 6.23 Å². The summed E-state index contributed by atoms with van der Waals surface area (Å²) in [6.07, 6.45) is 10.0. The number of carbonyl (C=O) groups excluding carboxylic acids is 1. The first kappa shape index (κ1) is 19.6. The van der Waals surface area contributed by atoms with Gasteiger partial charge >= 0.3 is 0 Å². The largest absolute Gasteiger partial charge is 0.393 e. The van der Waals surface area contributed by atoms with Gasteiger partial charge in [0.05, 0.1) is 12.3 Å². The Morgan fingerprint density at radius 3 is 2.67 bits per heavy atom. The fourth-order valence-electron chi connectivity index (χ4n) is 6.21. The molecule has 0 aromatic heterocycles. The normalized spacial score (nSPS) is 46.0. The van der Waals surface area contributed by atoms with Crippen LogP contribution in [0.3, 0.4) is 0 Å². The van der Waals surface area contributed by atoms with Gasteiger partial charge in [-0.15, -0.1) is 0 Å². The molecular formula is C21H37N3O3. The van der Waals surface area contributed by atoms with Gasteiger partial charge in [-0.1, -0.05) is 6.42 Å². The minimum atomic E-state index is -0.295. The van der Waals surface area contributed by atoms with Crippen molar-refractivity contribution in [2.75, 3.05) is 0 Å². The van der Waals surface area contributed by atoms with Crippen molar-refractivity contribution in [2.45, 2.75) is 96.2 Å². The van der Waals surface area contributed by atoms with Crippen LogP contribution in [-0.4, -0.2) is 35.6 Å². The van der Waals surface area contributed by atoms with Gasteiger partial charge in [-0.25, -0.2) is 0 Å². The van der Waals surface area contributed by atoms with E-state index in [0.29, 0.717) is 17.9 Å². The summed E-state index contributed by atoms with van der Waals surface area (Å²) in [4.78, 5) is 18.3. The van der Waals surface area contributed by atoms with E-state index in [9.17, 15) is 9.90 Å². The summed E-state index contributed by atoms with van der Waals surface area (Å²) in [6, 6.07) is 0.357. The lowest BCUT2D eigenvalue weighted by Crippen LogP contribution is -2.47. The van der Waals surface area contributed by atoms with Crippen molar-refractivity contribution in [3.05, 3.63) is 0 Å². The number of hydrogen-bond acceptors (Lipinski definition) is 5. The van der Waals surface area contributed by atoms with E-state index in [1.807, 2.05) is 13.8 Å². The van der Waals surface area contributed by atoms with Gasteiger partial charge in [0.15, 0.2) is 0 Å². The minimum absolute atomic E-state index is 0.0873. The molecule has 3 aliphatic carbocycles. The van der Waals surface area contributed by atoms with Gasteiger partial charge in [-0.05, 0) is 88.9 Å². The molecule has 6 nitrogen and oxygen atoms in total. The molecule has 4 rings (SSSR count). The molecule has 4 N–H and O–H groups in total. The molecule has 0 spiro atoms. The van der Waals surface area contributed by atoms with E-state index in [1.165, 1.54) is 25.7 Å². The molecule has 0 aromatic rings. The van der Waals surface area contributed by atoms with Gasteiger partial charge in [0.2, 0.25) is 5.91 Å². The molecule has 0 aromatic carbocycles. The van der Waals surface area contributed by atoms with Crippen LogP contribution in [0.15, 0.2) is 0 Å². The van der Waals surface area contributed by atoms with Crippen LogP contribution in [0.4, 0.5) is 0 Å². The molecule has 154 valence electrons. The monoisotopic (exact) mass is 379 g/mol. The van der Waals surface area contributed by atoms with E-state index in [4.69, 9.17) is 4.84 Å². The smallest absolute Gasteiger partial charge is 0.223 e. The highest BCUT2D eigenvalue weighted by molar-refractivity contribution is 5.79. The summed E-state index contributed by atoms with van der Waals surface area (Å²) in [5.74, 6) is 2.62. The fourth-order valence-corrected chi connectivity index (χ4v) is 6.21. The van der Waals surface area contributed by atoms with E-state index < -0.39 is 0 Å². The number of hydrogen-bond donors (Lipinski definition) is 4. The second-order valence-corrected chi connectivity index (χ2v) is 9.58. The zero-order chi connectivity index (χ0) is 19.0. The highest BCUT2D eigenvalue weighted by atomic mass is 16.7. The Morgan fingerprint density at radius 2 is 1.93 bits per heavy atom. The lowest BCUT2D eigenvalue weighted by Gasteiger charge is -2.37. The lowest BCUT2D eigenvalue weighted by atomic mass is 9.73. The van der Waals surface area contributed by atoms with Gasteiger partial charge in [-0.3, -0.25) is 14.9 Å². The Balaban J connectivity index is 1.28. The summed E-state index contributed by atoms with van der Waals surface area (Å²) in [7, 11) is 0. The van der Waals surface area contributed by atoms with Crippen LogP contribution in [-0.2, 0) is 9.63 Å². The van der Waals surface area contributed by atoms with E-state index in [0.717, 1.165) is 38.0 Å². The van der Waals surface area contributed by atoms with E-state index in [-0.39, 0.29) is 36.2 Å². The third-order valence-electron chi connectivity index (χ3n) is 7.80. The van der Waals surface area contributed by atoms with Crippen LogP contribution in [0.5, 0.6) is 0 Å². The number of fused-ring (bicyclic) bond motifs is 1. The van der Waals surface area contributed by atoms with Crippen molar-refractivity contribution in [1.29, 1.82) is 0 Å². The van der Waals surface area contributed by atoms with Gasteiger partial charge in [0, 0.05) is 12.0 Å². The highest BCUT2D eigenvalue weighted by Crippen LogP contribution is 2.45. The average Bonchev–Trinajstić information content (AvgIpc) is 3.28. The maximum absolute atomic E-state index is 12.9. The number of aliphatic hydroxyl groups is 1. The third kappa shape index (κ3) is 4.34. The van der Waals surface area contributed by atoms with Crippen LogP contribution in [0, 0.1) is 29.6 Å². The molecule has 3 saturated carbocycles. The molecule has 9 atom stereocenters. The average molecular weight is 380 g/mol. The molecule has 4 fully saturated rings. The second kappa shape index (κ2) is 8.36. The number of rotatable bonds is 4. The van der Waals surface area contributed by atoms with Crippen LogP contribution in [0.25, 0.3) is 0 Å². The SMILES string of the molecule is CC1NC(C2CCC3C(CC[C@H]3NC(=O)C3CCCC([C@@H](C)O)C3)C2)NO1. The summed E-state index contributed by atoms with van der Waals surface area (Å²) >= 11 is 0. The van der Waals surface area contributed by atoms with Gasteiger partial charge < -0.3 is 10.4 Å². The van der Waals surface area contributed by atoms with Crippen molar-refractivity contribution in [3.8, 4) is 0 Å². The third-order valence-corrected chi connectivity index (χ3v) is 7.80. The lowest BCUT2D eigenvalue weighted by molar-refractivity contribution is -0.128. The molecular weight excluding hydrogens is 342 g/mol. The Hall–Kier alpha value is -0.690. The summed E-state index contributed by atoms with van der Waals surface area (Å²) in [5.41, 5.74) is 3.15. The molecule has 1 heterocycles. The first-order valence-electron chi connectivity index (χ1n) is 11.2. The first-order chi connectivity index (χ1) is 13.0. The maximum atomic E-state index is 12.9. The van der Waals surface area contributed by atoms with Crippen molar-refractivity contribution in [3.63, 3.8) is 0 Å². The molecule has 0 bridgehead atoms. The van der Waals surface area contributed by atoms with Crippen LogP contribution in [0.1, 0.15) is 71.6 Å². The van der Waals surface area contributed by atoms with E-state index in [1.54, 1.807) is 0 Å². The standard InChI is InChI=1S/C21H37N3O3/c1-12(25)14-4-3-5-17(10-14)21(26)23-19-9-7-15-11-16(6-8-18(15)19)20-22-13(2)27-24-20/h12-20,22,24-25H,3-11H2,1-2H3,(H,23,26)/t12-,13?,14?,15?,16?,17?,18?,19-,20?/m1/s1. The quantitative estimate of drug-likeness (QED) is 0.602. The second-order valence-electron chi connectivity index (χ2n) is 9.58. The zero-order valence-corrected chi connectivity index (χ0v) is 16.8. The Kier molecular flexibility index (Phi) is 6.07. The van der Waals surface area contributed by atoms with Crippen molar-refractivity contribution in [2.24, 2.45) is 29.6 Å². The number of nitrogens with one attached hydrogen (secondary N) is 3. The van der Waals surface area contributed by atoms with Crippen LogP contribution in [0.2, 0.25) is 0 Å². The molecule has 6 heteroatoms. The Bertz CT molecular complexity index is 529. The van der Waals surface area contributed by atoms with E-state index >= 15 is 0 Å². The summed E-state index contributed by atoms with van der Waals surface area (Å²) in [5, 5.41) is 16.8. The molecule has 7 unspecified atom stereocenters. The number of amides is 1. The van der Waals surface area contributed by atoms with Crippen LogP contribution < -0.4 is 16.1 Å².